The molecule has 3 heteroatoms. The molecule has 0 saturated carbocycles. The summed E-state index contributed by atoms with van der Waals surface area (Å²) in [6, 6.07) is 11.0. The van der Waals surface area contributed by atoms with Gasteiger partial charge in [-0.15, -0.1) is 0 Å². The van der Waals surface area contributed by atoms with Crippen molar-refractivity contribution in [2.75, 3.05) is 13.2 Å². The summed E-state index contributed by atoms with van der Waals surface area (Å²) in [5.41, 5.74) is 1.08. The van der Waals surface area contributed by atoms with Crippen LogP contribution >= 0.6 is 0 Å². The van der Waals surface area contributed by atoms with Crippen LogP contribution in [0.1, 0.15) is 51.1 Å². The predicted molar refractivity (Wildman–Crippen MR) is 80.5 cm³/mol. The van der Waals surface area contributed by atoms with E-state index in [2.05, 4.69) is 23.5 Å². The Kier molecular flexibility index (Phi) is 5.03. The number of unbranched alkanes of at least 4 members (excludes halogenated alkanes) is 1. The first-order valence-corrected chi connectivity index (χ1v) is 7.49. The van der Waals surface area contributed by atoms with Gasteiger partial charge in [0, 0.05) is 18.0 Å². The Labute approximate surface area is 121 Å². The molecule has 0 spiro atoms. The average Bonchev–Trinajstić information content (AvgIpc) is 2.47. The topological polar surface area (TPSA) is 45.0 Å². The molecule has 0 fully saturated rings. The van der Waals surface area contributed by atoms with Crippen LogP contribution in [-0.4, -0.2) is 13.2 Å². The van der Waals surface area contributed by atoms with Gasteiger partial charge in [-0.25, -0.2) is 0 Å². The van der Waals surface area contributed by atoms with Gasteiger partial charge in [-0.1, -0.05) is 24.6 Å². The Morgan fingerprint density at radius 1 is 1.35 bits per heavy atom. The predicted octanol–water partition coefficient (Wildman–Crippen LogP) is 3.82. The van der Waals surface area contributed by atoms with E-state index >= 15 is 0 Å². The van der Waals surface area contributed by atoms with E-state index < -0.39 is 0 Å². The van der Waals surface area contributed by atoms with Gasteiger partial charge in [0.25, 0.3) is 0 Å². The first-order chi connectivity index (χ1) is 9.62. The third-order valence-corrected chi connectivity index (χ3v) is 3.88. The second-order valence-electron chi connectivity index (χ2n) is 6.13. The molecule has 3 nitrogen and oxygen atoms in total. The zero-order valence-corrected chi connectivity index (χ0v) is 12.5. The van der Waals surface area contributed by atoms with E-state index in [1.54, 1.807) is 0 Å². The standard InChI is InChI=1S/C17H24N2O/c1-17(2,13-18)10-5-6-11-19-15-9-12-20-16-8-4-3-7-14(15)16/h3-4,7-8,15,19H,5-6,9-12H2,1-2H3. The second kappa shape index (κ2) is 6.76. The molecule has 108 valence electrons. The Bertz CT molecular complexity index is 476. The molecule has 1 unspecified atom stereocenters. The number of nitriles is 1. The van der Waals surface area contributed by atoms with Crippen LogP contribution in [0.25, 0.3) is 0 Å². The van der Waals surface area contributed by atoms with Crippen molar-refractivity contribution < 1.29 is 4.74 Å². The van der Waals surface area contributed by atoms with Crippen LogP contribution in [0.2, 0.25) is 0 Å². The minimum atomic E-state index is -0.189. The Morgan fingerprint density at radius 3 is 2.95 bits per heavy atom. The molecule has 1 aromatic rings. The maximum absolute atomic E-state index is 8.98. The summed E-state index contributed by atoms with van der Waals surface area (Å²) in [6.07, 6.45) is 4.21. The van der Waals surface area contributed by atoms with Crippen LogP contribution in [0.5, 0.6) is 5.75 Å². The van der Waals surface area contributed by atoms with Gasteiger partial charge in [-0.3, -0.25) is 0 Å². The van der Waals surface area contributed by atoms with Crippen molar-refractivity contribution in [2.24, 2.45) is 5.41 Å². The molecule has 0 radical (unpaired) electrons. The highest BCUT2D eigenvalue weighted by Gasteiger charge is 2.20. The van der Waals surface area contributed by atoms with Crippen molar-refractivity contribution in [3.63, 3.8) is 0 Å². The summed E-state index contributed by atoms with van der Waals surface area (Å²) in [7, 11) is 0. The number of fused-ring (bicyclic) bond motifs is 1. The number of benzene rings is 1. The van der Waals surface area contributed by atoms with Crippen LogP contribution in [0.4, 0.5) is 0 Å². The lowest BCUT2D eigenvalue weighted by Gasteiger charge is -2.26. The van der Waals surface area contributed by atoms with E-state index in [-0.39, 0.29) is 5.41 Å². The summed E-state index contributed by atoms with van der Waals surface area (Å²) in [5.74, 6) is 1.02. The third-order valence-electron chi connectivity index (χ3n) is 3.88. The Morgan fingerprint density at radius 2 is 2.15 bits per heavy atom. The van der Waals surface area contributed by atoms with Crippen molar-refractivity contribution in [1.29, 1.82) is 5.26 Å². The van der Waals surface area contributed by atoms with E-state index in [0.29, 0.717) is 6.04 Å². The fourth-order valence-electron chi connectivity index (χ4n) is 2.58. The first kappa shape index (κ1) is 14.9. The van der Waals surface area contributed by atoms with Gasteiger partial charge >= 0.3 is 0 Å². The van der Waals surface area contributed by atoms with Crippen LogP contribution in [0.15, 0.2) is 24.3 Å². The van der Waals surface area contributed by atoms with Gasteiger partial charge in [0.15, 0.2) is 0 Å². The highest BCUT2D eigenvalue weighted by Crippen LogP contribution is 2.31. The summed E-state index contributed by atoms with van der Waals surface area (Å²) in [4.78, 5) is 0. The number of hydrogen-bond donors (Lipinski definition) is 1. The summed E-state index contributed by atoms with van der Waals surface area (Å²) in [5, 5.41) is 12.6. The van der Waals surface area contributed by atoms with Crippen molar-refractivity contribution in [3.05, 3.63) is 29.8 Å². The second-order valence-corrected chi connectivity index (χ2v) is 6.13. The highest BCUT2D eigenvalue weighted by atomic mass is 16.5. The number of ether oxygens (including phenoxy) is 1. The maximum Gasteiger partial charge on any atom is 0.124 e. The Hall–Kier alpha value is -1.53. The fraction of sp³-hybridized carbons (Fsp3) is 0.588. The normalized spacial score (nSPS) is 17.9. The lowest BCUT2D eigenvalue weighted by Crippen LogP contribution is -2.27. The molecule has 20 heavy (non-hydrogen) atoms. The molecule has 1 heterocycles. The molecule has 0 aliphatic carbocycles. The van der Waals surface area contributed by atoms with Crippen molar-refractivity contribution >= 4 is 0 Å². The quantitative estimate of drug-likeness (QED) is 0.801. The summed E-state index contributed by atoms with van der Waals surface area (Å²) < 4.78 is 5.66. The number of rotatable bonds is 6. The minimum Gasteiger partial charge on any atom is -0.493 e. The van der Waals surface area contributed by atoms with E-state index in [1.165, 1.54) is 5.56 Å². The molecule has 1 aromatic carbocycles. The number of nitrogens with one attached hydrogen (secondary N) is 1. The van der Waals surface area contributed by atoms with Gasteiger partial charge in [-0.2, -0.15) is 5.26 Å². The van der Waals surface area contributed by atoms with Crippen LogP contribution in [-0.2, 0) is 0 Å². The van der Waals surface area contributed by atoms with Crippen LogP contribution in [0, 0.1) is 16.7 Å². The third kappa shape index (κ3) is 3.98. The molecule has 0 bridgehead atoms. The van der Waals surface area contributed by atoms with Crippen LogP contribution < -0.4 is 10.1 Å². The van der Waals surface area contributed by atoms with Gasteiger partial charge in [-0.05, 0) is 39.3 Å². The number of nitrogens with zero attached hydrogens (tertiary/aromatic N) is 1. The van der Waals surface area contributed by atoms with Gasteiger partial charge < -0.3 is 10.1 Å². The lowest BCUT2D eigenvalue weighted by atomic mass is 9.89. The van der Waals surface area contributed by atoms with Crippen molar-refractivity contribution in [1.82, 2.24) is 5.32 Å². The molecule has 1 aliphatic rings. The van der Waals surface area contributed by atoms with E-state index in [0.717, 1.165) is 44.6 Å². The zero-order chi connectivity index (χ0) is 14.4. The summed E-state index contributed by atoms with van der Waals surface area (Å²) in [6.45, 7) is 5.81. The van der Waals surface area contributed by atoms with Gasteiger partial charge in [0.2, 0.25) is 0 Å². The monoisotopic (exact) mass is 272 g/mol. The number of hydrogen-bond acceptors (Lipinski definition) is 3. The van der Waals surface area contributed by atoms with Gasteiger partial charge in [0.05, 0.1) is 18.1 Å². The van der Waals surface area contributed by atoms with E-state index in [4.69, 9.17) is 10.00 Å². The largest absolute Gasteiger partial charge is 0.493 e. The number of para-hydroxylation sites is 1. The zero-order valence-electron chi connectivity index (χ0n) is 12.5. The van der Waals surface area contributed by atoms with Crippen LogP contribution in [0.3, 0.4) is 0 Å². The highest BCUT2D eigenvalue weighted by molar-refractivity contribution is 5.37. The van der Waals surface area contributed by atoms with E-state index in [1.807, 2.05) is 26.0 Å². The molecule has 0 aromatic heterocycles. The molecule has 1 atom stereocenters. The molecular weight excluding hydrogens is 248 g/mol. The van der Waals surface area contributed by atoms with E-state index in [9.17, 15) is 0 Å². The molecule has 1 N–H and O–H groups in total. The fourth-order valence-corrected chi connectivity index (χ4v) is 2.58. The Balaban J connectivity index is 1.75. The SMILES string of the molecule is CC(C)(C#N)CCCCNC1CCOc2ccccc21. The average molecular weight is 272 g/mol. The van der Waals surface area contributed by atoms with Crippen molar-refractivity contribution in [3.8, 4) is 11.8 Å². The minimum absolute atomic E-state index is 0.189. The molecule has 0 amide bonds. The molecule has 2 rings (SSSR count). The summed E-state index contributed by atoms with van der Waals surface area (Å²) >= 11 is 0. The maximum atomic E-state index is 8.98. The van der Waals surface area contributed by atoms with Gasteiger partial charge in [0.1, 0.15) is 5.75 Å². The molecule has 1 aliphatic heterocycles. The van der Waals surface area contributed by atoms with Crippen molar-refractivity contribution in [2.45, 2.75) is 45.6 Å². The smallest absolute Gasteiger partial charge is 0.124 e. The molecule has 0 saturated heterocycles. The lowest BCUT2D eigenvalue weighted by molar-refractivity contribution is 0.252. The molecular formula is C17H24N2O. The first-order valence-electron chi connectivity index (χ1n) is 7.49.